The number of alkyl halides is 3. The molecule has 1 amide bonds. The molecule has 0 spiro atoms. The third-order valence-corrected chi connectivity index (χ3v) is 6.08. The first-order chi connectivity index (χ1) is 14.0. The second-order valence-electron chi connectivity index (χ2n) is 9.50. The van der Waals surface area contributed by atoms with Crippen LogP contribution < -0.4 is 10.2 Å². The van der Waals surface area contributed by atoms with Crippen molar-refractivity contribution < 1.29 is 22.5 Å². The van der Waals surface area contributed by atoms with Crippen LogP contribution in [0.1, 0.15) is 58.7 Å². The van der Waals surface area contributed by atoms with E-state index in [1.165, 1.54) is 0 Å². The van der Waals surface area contributed by atoms with Crippen molar-refractivity contribution in [2.75, 3.05) is 18.0 Å². The van der Waals surface area contributed by atoms with Gasteiger partial charge in [-0.3, -0.25) is 14.6 Å². The van der Waals surface area contributed by atoms with Crippen molar-refractivity contribution in [3.63, 3.8) is 0 Å². The minimum Gasteiger partial charge on any atom is -0.351 e. The lowest BCUT2D eigenvalue weighted by molar-refractivity contribution is -0.146. The quantitative estimate of drug-likeness (QED) is 0.798. The number of halogens is 3. The standard InChI is InChI=1S/C20H28F3N5O2/c1-19(2,3)25-16(29)12-6-8-27(9-7-12)15-10-13-4-5-14(11-15)28(13)18-24-17(26-30-18)20(21,22)23/h4,12,14-15H,5-11H2,1-3H3,(H,25,29)/t14-,15-/m0/s1. The fourth-order valence-corrected chi connectivity index (χ4v) is 4.72. The van der Waals surface area contributed by atoms with Gasteiger partial charge in [0.15, 0.2) is 0 Å². The van der Waals surface area contributed by atoms with Gasteiger partial charge in [-0.1, -0.05) is 6.08 Å². The minimum atomic E-state index is -4.61. The van der Waals surface area contributed by atoms with Gasteiger partial charge in [-0.2, -0.15) is 18.2 Å². The van der Waals surface area contributed by atoms with Crippen molar-refractivity contribution in [2.45, 2.75) is 76.7 Å². The molecule has 2 bridgehead atoms. The van der Waals surface area contributed by atoms with Crippen LogP contribution in [0.3, 0.4) is 0 Å². The number of anilines is 1. The number of fused-ring (bicyclic) bond motifs is 2. The Morgan fingerprint density at radius 2 is 1.90 bits per heavy atom. The number of likely N-dealkylation sites (tertiary alicyclic amines) is 1. The summed E-state index contributed by atoms with van der Waals surface area (Å²) in [6.07, 6.45) is 1.42. The molecule has 4 heterocycles. The molecular formula is C20H28F3N5O2. The van der Waals surface area contributed by atoms with Crippen LogP contribution in [-0.4, -0.2) is 51.7 Å². The number of nitrogens with zero attached hydrogens (tertiary/aromatic N) is 4. The van der Waals surface area contributed by atoms with Gasteiger partial charge in [0.2, 0.25) is 5.91 Å². The first-order valence-corrected chi connectivity index (χ1v) is 10.5. The third-order valence-electron chi connectivity index (χ3n) is 6.08. The van der Waals surface area contributed by atoms with E-state index in [0.717, 1.165) is 50.9 Å². The smallest absolute Gasteiger partial charge is 0.351 e. The summed E-state index contributed by atoms with van der Waals surface area (Å²) in [5, 5.41) is 6.16. The second kappa shape index (κ2) is 7.55. The molecule has 10 heteroatoms. The summed E-state index contributed by atoms with van der Waals surface area (Å²) in [5.41, 5.74) is 0.717. The number of carbonyl (C=O) groups is 1. The van der Waals surface area contributed by atoms with Gasteiger partial charge >= 0.3 is 12.2 Å². The Bertz CT molecular complexity index is 821. The van der Waals surface area contributed by atoms with E-state index in [2.05, 4.69) is 26.4 Å². The Morgan fingerprint density at radius 3 is 2.47 bits per heavy atom. The van der Waals surface area contributed by atoms with Crippen LogP contribution >= 0.6 is 0 Å². The van der Waals surface area contributed by atoms with Gasteiger partial charge in [-0.25, -0.2) is 0 Å². The van der Waals surface area contributed by atoms with Crippen LogP contribution in [0.25, 0.3) is 0 Å². The zero-order valence-corrected chi connectivity index (χ0v) is 17.5. The Labute approximate surface area is 173 Å². The fourth-order valence-electron chi connectivity index (χ4n) is 4.72. The van der Waals surface area contributed by atoms with Crippen LogP contribution in [-0.2, 0) is 11.0 Å². The van der Waals surface area contributed by atoms with Crippen molar-refractivity contribution in [1.82, 2.24) is 20.4 Å². The van der Waals surface area contributed by atoms with Crippen molar-refractivity contribution in [2.24, 2.45) is 5.92 Å². The molecule has 0 saturated carbocycles. The molecular weight excluding hydrogens is 399 g/mol. The maximum atomic E-state index is 12.8. The van der Waals surface area contributed by atoms with Gasteiger partial charge in [-0.05, 0) is 64.7 Å². The summed E-state index contributed by atoms with van der Waals surface area (Å²) >= 11 is 0. The second-order valence-corrected chi connectivity index (χ2v) is 9.50. The Kier molecular flexibility index (Phi) is 5.32. The van der Waals surface area contributed by atoms with E-state index in [1.54, 1.807) is 4.90 Å². The van der Waals surface area contributed by atoms with Crippen LogP contribution in [0.5, 0.6) is 0 Å². The zero-order chi connectivity index (χ0) is 21.7. The number of amides is 1. The lowest BCUT2D eigenvalue weighted by Gasteiger charge is -2.43. The zero-order valence-electron chi connectivity index (χ0n) is 17.5. The van der Waals surface area contributed by atoms with Crippen LogP contribution in [0, 0.1) is 5.92 Å². The topological polar surface area (TPSA) is 74.5 Å². The molecule has 3 aliphatic rings. The fraction of sp³-hybridized carbons (Fsp3) is 0.750. The molecule has 2 fully saturated rings. The molecule has 2 saturated heterocycles. The minimum absolute atomic E-state index is 0.0298. The molecule has 1 aromatic heterocycles. The number of hydrogen-bond acceptors (Lipinski definition) is 6. The molecule has 2 atom stereocenters. The van der Waals surface area contributed by atoms with Crippen molar-refractivity contribution in [3.8, 4) is 0 Å². The van der Waals surface area contributed by atoms with Gasteiger partial charge < -0.3 is 9.84 Å². The molecule has 0 aliphatic carbocycles. The summed E-state index contributed by atoms with van der Waals surface area (Å²) < 4.78 is 43.3. The lowest BCUT2D eigenvalue weighted by Crippen LogP contribution is -2.51. The SMILES string of the molecule is CC(C)(C)NC(=O)C1CCN([C@H]2CC3=CC[C@@H](C2)N3c2nc(C(F)(F)F)no2)CC1. The lowest BCUT2D eigenvalue weighted by atomic mass is 9.90. The highest BCUT2D eigenvalue weighted by molar-refractivity contribution is 5.79. The number of hydrogen-bond donors (Lipinski definition) is 1. The van der Waals surface area contributed by atoms with Gasteiger partial charge in [-0.15, -0.1) is 0 Å². The molecule has 0 radical (unpaired) electrons. The Balaban J connectivity index is 1.35. The van der Waals surface area contributed by atoms with Gasteiger partial charge in [0, 0.05) is 35.7 Å². The predicted molar refractivity (Wildman–Crippen MR) is 103 cm³/mol. The van der Waals surface area contributed by atoms with Crippen LogP contribution in [0.2, 0.25) is 0 Å². The van der Waals surface area contributed by atoms with Gasteiger partial charge in [0.25, 0.3) is 5.82 Å². The summed E-state index contributed by atoms with van der Waals surface area (Å²) in [4.78, 5) is 20.2. The van der Waals surface area contributed by atoms with Crippen molar-refractivity contribution in [1.29, 1.82) is 0 Å². The van der Waals surface area contributed by atoms with Crippen molar-refractivity contribution >= 4 is 11.9 Å². The average Bonchev–Trinajstić information content (AvgIpc) is 3.22. The highest BCUT2D eigenvalue weighted by Crippen LogP contribution is 2.41. The summed E-state index contributed by atoms with van der Waals surface area (Å²) in [5.74, 6) is -1.08. The number of nitrogens with one attached hydrogen (secondary N) is 1. The van der Waals surface area contributed by atoms with Crippen molar-refractivity contribution in [3.05, 3.63) is 17.6 Å². The number of piperidine rings is 2. The highest BCUT2D eigenvalue weighted by atomic mass is 19.4. The molecule has 7 nitrogen and oxygen atoms in total. The van der Waals surface area contributed by atoms with Gasteiger partial charge in [0.05, 0.1) is 0 Å². The van der Waals surface area contributed by atoms with E-state index in [4.69, 9.17) is 4.52 Å². The summed E-state index contributed by atoms with van der Waals surface area (Å²) in [6, 6.07) is 0.269. The molecule has 1 N–H and O–H groups in total. The molecule has 3 aliphatic heterocycles. The molecule has 166 valence electrons. The normalized spacial score (nSPS) is 26.1. The summed E-state index contributed by atoms with van der Waals surface area (Å²) in [6.45, 7) is 7.66. The predicted octanol–water partition coefficient (Wildman–Crippen LogP) is 3.34. The van der Waals surface area contributed by atoms with Gasteiger partial charge in [0.1, 0.15) is 0 Å². The van der Waals surface area contributed by atoms with E-state index in [0.29, 0.717) is 6.04 Å². The molecule has 1 aromatic rings. The van der Waals surface area contributed by atoms with E-state index >= 15 is 0 Å². The van der Waals surface area contributed by atoms with E-state index in [-0.39, 0.29) is 29.4 Å². The first kappa shape index (κ1) is 21.1. The summed E-state index contributed by atoms with van der Waals surface area (Å²) in [7, 11) is 0. The number of aromatic nitrogens is 2. The third kappa shape index (κ3) is 4.33. The van der Waals surface area contributed by atoms with E-state index < -0.39 is 12.0 Å². The maximum Gasteiger partial charge on any atom is 0.455 e. The Hall–Kier alpha value is -2.10. The van der Waals surface area contributed by atoms with E-state index in [9.17, 15) is 18.0 Å². The molecule has 0 unspecified atom stereocenters. The Morgan fingerprint density at radius 1 is 1.20 bits per heavy atom. The molecule has 30 heavy (non-hydrogen) atoms. The van der Waals surface area contributed by atoms with Crippen LogP contribution in [0.4, 0.5) is 19.2 Å². The van der Waals surface area contributed by atoms with Crippen LogP contribution in [0.15, 0.2) is 16.3 Å². The largest absolute Gasteiger partial charge is 0.455 e. The highest BCUT2D eigenvalue weighted by Gasteiger charge is 2.43. The maximum absolute atomic E-state index is 12.8. The average molecular weight is 427 g/mol. The molecule has 0 aromatic carbocycles. The monoisotopic (exact) mass is 427 g/mol. The number of rotatable bonds is 3. The molecule has 4 rings (SSSR count). The van der Waals surface area contributed by atoms with E-state index in [1.807, 2.05) is 20.8 Å². The number of carbonyl (C=O) groups excluding carboxylic acids is 1. The first-order valence-electron chi connectivity index (χ1n) is 10.5.